The summed E-state index contributed by atoms with van der Waals surface area (Å²) in [6, 6.07) is 0. The molecule has 5 nitrogen and oxygen atoms in total. The molecule has 5 heteroatoms. The third-order valence-corrected chi connectivity index (χ3v) is 6.78. The van der Waals surface area contributed by atoms with Crippen molar-refractivity contribution < 1.29 is 14.7 Å². The lowest BCUT2D eigenvalue weighted by Crippen LogP contribution is -2.26. The zero-order chi connectivity index (χ0) is 25.9. The van der Waals surface area contributed by atoms with Gasteiger partial charge in [-0.15, -0.1) is 0 Å². The summed E-state index contributed by atoms with van der Waals surface area (Å²) < 4.78 is 0. The fraction of sp³-hybridized carbons (Fsp3) is 0.552. The van der Waals surface area contributed by atoms with Crippen molar-refractivity contribution in [3.63, 3.8) is 0 Å². The second-order valence-corrected chi connectivity index (χ2v) is 9.85. The number of nitrogens with two attached hydrogens (primary N) is 1. The summed E-state index contributed by atoms with van der Waals surface area (Å²) in [5, 5.41) is 18.5. The van der Waals surface area contributed by atoms with Crippen molar-refractivity contribution in [2.45, 2.75) is 98.5 Å². The highest BCUT2D eigenvalue weighted by Crippen LogP contribution is 2.30. The Morgan fingerprint density at radius 1 is 0.882 bits per heavy atom. The lowest BCUT2D eigenvalue weighted by molar-refractivity contribution is -0.116. The molecule has 1 unspecified atom stereocenters. The molecule has 1 rings (SSSR count). The quantitative estimate of drug-likeness (QED) is 0.163. The highest BCUT2D eigenvalue weighted by atomic mass is 16.3. The van der Waals surface area contributed by atoms with Crippen molar-refractivity contribution in [3.05, 3.63) is 57.2 Å². The second-order valence-electron chi connectivity index (χ2n) is 9.85. The number of allylic oxidation sites excluding steroid dienone is 9. The van der Waals surface area contributed by atoms with Crippen LogP contribution in [0.4, 0.5) is 0 Å². The van der Waals surface area contributed by atoms with E-state index in [0.29, 0.717) is 54.5 Å². The monoisotopic (exact) mass is 468 g/mol. The molecule has 1 aliphatic carbocycles. The van der Waals surface area contributed by atoms with Crippen LogP contribution in [0.15, 0.2) is 57.2 Å². The molecule has 0 amide bonds. The standard InChI is InChI=1S/C29H44N2O3/c1-20(10-7-12-21(2)18-30)11-8-13-25(19-31)14-9-16-29(6,34)17-15-26-24(5)27(32)22(3)23(4)28(26)33/h11-12,14,19,31,34H,7-10,13,15-18,30H2,1-6H3/b20-11+,21-12+,25-14-,31-19?. The van der Waals surface area contributed by atoms with Gasteiger partial charge in [-0.25, -0.2) is 0 Å². The summed E-state index contributed by atoms with van der Waals surface area (Å²) >= 11 is 0. The van der Waals surface area contributed by atoms with Crippen molar-refractivity contribution in [1.29, 1.82) is 5.41 Å². The summed E-state index contributed by atoms with van der Waals surface area (Å²) in [6.45, 7) is 11.7. The van der Waals surface area contributed by atoms with E-state index in [1.165, 1.54) is 17.4 Å². The predicted molar refractivity (Wildman–Crippen MR) is 142 cm³/mol. The van der Waals surface area contributed by atoms with Crippen LogP contribution < -0.4 is 5.73 Å². The molecule has 0 fully saturated rings. The van der Waals surface area contributed by atoms with E-state index in [4.69, 9.17) is 11.1 Å². The van der Waals surface area contributed by atoms with E-state index in [1.54, 1.807) is 27.7 Å². The topological polar surface area (TPSA) is 104 Å². The van der Waals surface area contributed by atoms with Crippen LogP contribution in [0.3, 0.4) is 0 Å². The molecule has 0 saturated carbocycles. The number of Topliss-reactive ketones (excluding diaryl/α,β-unsaturated/α-hetero) is 2. The lowest BCUT2D eigenvalue weighted by Gasteiger charge is -2.25. The summed E-state index contributed by atoms with van der Waals surface area (Å²) in [5.74, 6) is -0.151. The highest BCUT2D eigenvalue weighted by Gasteiger charge is 2.29. The van der Waals surface area contributed by atoms with Crippen LogP contribution in [0.1, 0.15) is 92.9 Å². The van der Waals surface area contributed by atoms with Crippen LogP contribution in [-0.2, 0) is 9.59 Å². The van der Waals surface area contributed by atoms with Gasteiger partial charge >= 0.3 is 0 Å². The zero-order valence-electron chi connectivity index (χ0n) is 22.0. The summed E-state index contributed by atoms with van der Waals surface area (Å²) in [4.78, 5) is 24.9. The minimum atomic E-state index is -0.948. The maximum atomic E-state index is 12.6. The zero-order valence-corrected chi connectivity index (χ0v) is 22.0. The van der Waals surface area contributed by atoms with Gasteiger partial charge in [0.1, 0.15) is 0 Å². The average Bonchev–Trinajstić information content (AvgIpc) is 2.80. The van der Waals surface area contributed by atoms with Gasteiger partial charge in [0.2, 0.25) is 0 Å². The van der Waals surface area contributed by atoms with Crippen molar-refractivity contribution >= 4 is 17.8 Å². The number of hydrogen-bond acceptors (Lipinski definition) is 5. The van der Waals surface area contributed by atoms with Gasteiger partial charge in [0, 0.05) is 35.1 Å². The highest BCUT2D eigenvalue weighted by molar-refractivity contribution is 6.24. The van der Waals surface area contributed by atoms with E-state index in [1.807, 2.05) is 13.0 Å². The lowest BCUT2D eigenvalue weighted by atomic mass is 9.82. The fourth-order valence-electron chi connectivity index (χ4n) is 3.99. The Morgan fingerprint density at radius 3 is 2.09 bits per heavy atom. The molecule has 0 aliphatic heterocycles. The van der Waals surface area contributed by atoms with Crippen molar-refractivity contribution in [1.82, 2.24) is 0 Å². The van der Waals surface area contributed by atoms with E-state index in [-0.39, 0.29) is 11.6 Å². The molecule has 34 heavy (non-hydrogen) atoms. The average molecular weight is 469 g/mol. The molecule has 0 heterocycles. The van der Waals surface area contributed by atoms with E-state index in [9.17, 15) is 14.7 Å². The molecule has 0 saturated heterocycles. The predicted octanol–water partition coefficient (Wildman–Crippen LogP) is 6.09. The largest absolute Gasteiger partial charge is 0.390 e. The van der Waals surface area contributed by atoms with Gasteiger partial charge in [0.05, 0.1) is 5.60 Å². The van der Waals surface area contributed by atoms with Crippen LogP contribution in [0.2, 0.25) is 0 Å². The number of ketones is 2. The van der Waals surface area contributed by atoms with Gasteiger partial charge in [-0.05, 0) is 98.5 Å². The molecule has 0 aromatic carbocycles. The Morgan fingerprint density at radius 2 is 1.47 bits per heavy atom. The third kappa shape index (κ3) is 9.47. The Labute approximate surface area is 206 Å². The first-order valence-electron chi connectivity index (χ1n) is 12.3. The van der Waals surface area contributed by atoms with Gasteiger partial charge in [-0.2, -0.15) is 0 Å². The van der Waals surface area contributed by atoms with Crippen LogP contribution in [0, 0.1) is 5.41 Å². The van der Waals surface area contributed by atoms with Crippen molar-refractivity contribution in [2.24, 2.45) is 5.73 Å². The van der Waals surface area contributed by atoms with Gasteiger partial charge in [-0.3, -0.25) is 9.59 Å². The number of carbonyl (C=O) groups is 2. The van der Waals surface area contributed by atoms with Gasteiger partial charge in [-0.1, -0.05) is 29.4 Å². The van der Waals surface area contributed by atoms with Crippen LogP contribution in [0.5, 0.6) is 0 Å². The number of carbonyl (C=O) groups excluding carboxylic acids is 2. The molecule has 1 aliphatic rings. The maximum absolute atomic E-state index is 12.6. The SMILES string of the molecule is CC1=C(C)C(=O)C(CCC(C)(O)CC/C=C(\C=N)CC/C=C(\C)CC/C=C(\C)CN)=C(C)C1=O. The van der Waals surface area contributed by atoms with Crippen LogP contribution >= 0.6 is 0 Å². The minimum Gasteiger partial charge on any atom is -0.390 e. The Bertz CT molecular complexity index is 927. The molecule has 0 spiro atoms. The van der Waals surface area contributed by atoms with Crippen LogP contribution in [-0.4, -0.2) is 35.0 Å². The van der Waals surface area contributed by atoms with E-state index in [2.05, 4.69) is 19.1 Å². The molecular formula is C29H44N2O3. The number of nitrogens with one attached hydrogen (secondary N) is 1. The molecule has 0 aromatic rings. The maximum Gasteiger partial charge on any atom is 0.185 e. The molecule has 188 valence electrons. The Hall–Kier alpha value is -2.37. The molecular weight excluding hydrogens is 424 g/mol. The van der Waals surface area contributed by atoms with Crippen LogP contribution in [0.25, 0.3) is 0 Å². The summed E-state index contributed by atoms with van der Waals surface area (Å²) in [6.07, 6.45) is 13.5. The van der Waals surface area contributed by atoms with Gasteiger partial charge in [0.15, 0.2) is 11.6 Å². The number of rotatable bonds is 14. The van der Waals surface area contributed by atoms with E-state index in [0.717, 1.165) is 31.3 Å². The Balaban J connectivity index is 2.56. The summed E-state index contributed by atoms with van der Waals surface area (Å²) in [5.41, 5.74) is 10.2. The van der Waals surface area contributed by atoms with Crippen molar-refractivity contribution in [2.75, 3.05) is 6.54 Å². The number of hydrogen-bond donors (Lipinski definition) is 3. The van der Waals surface area contributed by atoms with Gasteiger partial charge in [0.25, 0.3) is 0 Å². The van der Waals surface area contributed by atoms with Crippen molar-refractivity contribution in [3.8, 4) is 0 Å². The molecule has 0 aromatic heterocycles. The third-order valence-electron chi connectivity index (χ3n) is 6.78. The molecule has 1 atom stereocenters. The smallest absolute Gasteiger partial charge is 0.185 e. The first kappa shape index (κ1) is 29.7. The molecule has 0 bridgehead atoms. The first-order valence-corrected chi connectivity index (χ1v) is 12.3. The molecule has 4 N–H and O–H groups in total. The van der Waals surface area contributed by atoms with E-state index >= 15 is 0 Å². The van der Waals surface area contributed by atoms with E-state index < -0.39 is 5.60 Å². The second kappa shape index (κ2) is 14.1. The normalized spacial score (nSPS) is 18.1. The number of aliphatic hydroxyl groups is 1. The summed E-state index contributed by atoms with van der Waals surface area (Å²) in [7, 11) is 0. The fourth-order valence-corrected chi connectivity index (χ4v) is 3.99. The first-order chi connectivity index (χ1) is 15.9. The van der Waals surface area contributed by atoms with Gasteiger partial charge < -0.3 is 16.2 Å². The Kier molecular flexibility index (Phi) is 12.3. The molecule has 0 radical (unpaired) electrons. The minimum absolute atomic E-state index is 0.0725.